The Hall–Kier alpha value is -0.460. The van der Waals surface area contributed by atoms with E-state index in [-0.39, 0.29) is 0 Å². The van der Waals surface area contributed by atoms with Crippen LogP contribution in [0.3, 0.4) is 0 Å². The highest BCUT2D eigenvalue weighted by Gasteiger charge is 2.18. The van der Waals surface area contributed by atoms with Gasteiger partial charge in [-0.2, -0.15) is 11.8 Å². The van der Waals surface area contributed by atoms with Crippen molar-refractivity contribution in [2.75, 3.05) is 65.0 Å². The summed E-state index contributed by atoms with van der Waals surface area (Å²) in [4.78, 5) is 7.23. The van der Waals surface area contributed by atoms with Crippen molar-refractivity contribution in [3.63, 3.8) is 0 Å². The van der Waals surface area contributed by atoms with Crippen LogP contribution in [0.5, 0.6) is 0 Å². The second-order valence-electron chi connectivity index (χ2n) is 5.42. The van der Waals surface area contributed by atoms with Gasteiger partial charge < -0.3 is 20.3 Å². The lowest BCUT2D eigenvalue weighted by atomic mass is 9.97. The van der Waals surface area contributed by atoms with Crippen LogP contribution in [0.2, 0.25) is 0 Å². The van der Waals surface area contributed by atoms with Gasteiger partial charge >= 0.3 is 0 Å². The van der Waals surface area contributed by atoms with Crippen molar-refractivity contribution >= 4 is 17.7 Å². The summed E-state index contributed by atoms with van der Waals surface area (Å²) in [5.41, 5.74) is 0. The third-order valence-corrected chi connectivity index (χ3v) is 4.38. The Kier molecular flexibility index (Phi) is 10.7. The van der Waals surface area contributed by atoms with Gasteiger partial charge in [0.15, 0.2) is 5.96 Å². The van der Waals surface area contributed by atoms with Crippen LogP contribution >= 0.6 is 11.8 Å². The van der Waals surface area contributed by atoms with E-state index in [0.717, 1.165) is 50.4 Å². The predicted octanol–water partition coefficient (Wildman–Crippen LogP) is 1.26. The molecule has 1 rings (SSSR count). The second kappa shape index (κ2) is 12.1. The molecule has 0 atom stereocenters. The summed E-state index contributed by atoms with van der Waals surface area (Å²) in [5.74, 6) is 2.80. The number of aliphatic imine (C=N–C) groups is 1. The lowest BCUT2D eigenvalue weighted by Gasteiger charge is -2.31. The molecule has 21 heavy (non-hydrogen) atoms. The van der Waals surface area contributed by atoms with Gasteiger partial charge in [-0.25, -0.2) is 0 Å². The van der Waals surface area contributed by atoms with Gasteiger partial charge in [-0.3, -0.25) is 4.99 Å². The monoisotopic (exact) mass is 316 g/mol. The molecule has 1 aliphatic heterocycles. The van der Waals surface area contributed by atoms with Crippen LogP contribution < -0.4 is 10.6 Å². The molecule has 0 aromatic carbocycles. The third kappa shape index (κ3) is 8.53. The van der Waals surface area contributed by atoms with Crippen LogP contribution in [0.25, 0.3) is 0 Å². The van der Waals surface area contributed by atoms with E-state index in [1.807, 2.05) is 11.8 Å². The van der Waals surface area contributed by atoms with Crippen LogP contribution in [0.15, 0.2) is 4.99 Å². The van der Waals surface area contributed by atoms with Gasteiger partial charge in [-0.1, -0.05) is 0 Å². The van der Waals surface area contributed by atoms with E-state index in [9.17, 15) is 0 Å². The Bertz CT molecular complexity index is 281. The Morgan fingerprint density at radius 1 is 1.33 bits per heavy atom. The molecule has 2 N–H and O–H groups in total. The van der Waals surface area contributed by atoms with E-state index >= 15 is 0 Å². The molecule has 0 radical (unpaired) electrons. The second-order valence-corrected chi connectivity index (χ2v) is 6.40. The molecule has 0 bridgehead atoms. The van der Waals surface area contributed by atoms with E-state index in [1.54, 1.807) is 7.11 Å². The quantitative estimate of drug-likeness (QED) is 0.381. The molecule has 5 nitrogen and oxygen atoms in total. The zero-order chi connectivity index (χ0) is 15.3. The number of methoxy groups -OCH3 is 1. The number of guanidine groups is 1. The number of nitrogens with one attached hydrogen (secondary N) is 2. The van der Waals surface area contributed by atoms with Gasteiger partial charge in [0.1, 0.15) is 0 Å². The van der Waals surface area contributed by atoms with Crippen LogP contribution in [-0.2, 0) is 4.74 Å². The summed E-state index contributed by atoms with van der Waals surface area (Å²) >= 11 is 1.85. The van der Waals surface area contributed by atoms with Gasteiger partial charge in [0.2, 0.25) is 0 Å². The van der Waals surface area contributed by atoms with Crippen LogP contribution in [0, 0.1) is 5.92 Å². The molecule has 0 spiro atoms. The highest BCUT2D eigenvalue weighted by Crippen LogP contribution is 2.17. The smallest absolute Gasteiger partial charge is 0.191 e. The first kappa shape index (κ1) is 18.6. The summed E-state index contributed by atoms with van der Waals surface area (Å²) in [5, 5.41) is 6.71. The molecule has 1 aliphatic rings. The minimum Gasteiger partial charge on any atom is -0.383 e. The minimum absolute atomic E-state index is 0.722. The average Bonchev–Trinajstić information content (AvgIpc) is 2.52. The Labute approximate surface area is 134 Å². The zero-order valence-corrected chi connectivity index (χ0v) is 14.7. The molecular weight excluding hydrogens is 284 g/mol. The van der Waals surface area contributed by atoms with Crippen molar-refractivity contribution < 1.29 is 4.74 Å². The number of thioether (sulfide) groups is 1. The highest BCUT2D eigenvalue weighted by atomic mass is 32.2. The molecule has 0 aromatic rings. The van der Waals surface area contributed by atoms with E-state index in [4.69, 9.17) is 9.73 Å². The van der Waals surface area contributed by atoms with E-state index in [2.05, 4.69) is 28.7 Å². The van der Waals surface area contributed by atoms with Gasteiger partial charge in [0.05, 0.1) is 6.61 Å². The number of ether oxygens (including phenoxy) is 1. The first-order valence-corrected chi connectivity index (χ1v) is 9.42. The van der Waals surface area contributed by atoms with Gasteiger partial charge in [-0.15, -0.1) is 0 Å². The van der Waals surface area contributed by atoms with Crippen molar-refractivity contribution in [2.45, 2.75) is 19.8 Å². The molecule has 1 heterocycles. The first-order chi connectivity index (χ1) is 10.3. The Morgan fingerprint density at radius 2 is 2.10 bits per heavy atom. The molecule has 0 aromatic heterocycles. The summed E-state index contributed by atoms with van der Waals surface area (Å²) in [7, 11) is 1.77. The minimum atomic E-state index is 0.722. The van der Waals surface area contributed by atoms with Gasteiger partial charge in [0.25, 0.3) is 0 Å². The SMILES string of the molecule is CCNC(=NCC1CCN(CCOC)CC1)NCCSC. The van der Waals surface area contributed by atoms with Crippen molar-refractivity contribution in [1.82, 2.24) is 15.5 Å². The first-order valence-electron chi connectivity index (χ1n) is 8.02. The number of nitrogens with zero attached hydrogens (tertiary/aromatic N) is 2. The normalized spacial score (nSPS) is 18.0. The van der Waals surface area contributed by atoms with Crippen molar-refractivity contribution in [1.29, 1.82) is 0 Å². The standard InChI is InChI=1S/C15H32N4OS/c1-4-16-15(17-7-12-21-3)18-13-14-5-8-19(9-6-14)10-11-20-2/h14H,4-13H2,1-3H3,(H2,16,17,18). The number of hydrogen-bond acceptors (Lipinski definition) is 4. The number of hydrogen-bond donors (Lipinski definition) is 2. The summed E-state index contributed by atoms with van der Waals surface area (Å²) in [6, 6.07) is 0. The van der Waals surface area contributed by atoms with Crippen molar-refractivity contribution in [3.8, 4) is 0 Å². The number of rotatable bonds is 9. The molecule has 0 unspecified atom stereocenters. The van der Waals surface area contributed by atoms with Gasteiger partial charge in [0, 0.05) is 39.0 Å². The highest BCUT2D eigenvalue weighted by molar-refractivity contribution is 7.98. The number of piperidine rings is 1. The van der Waals surface area contributed by atoms with Crippen molar-refractivity contribution in [3.05, 3.63) is 0 Å². The molecule has 0 saturated carbocycles. The summed E-state index contributed by atoms with van der Waals surface area (Å²) in [6.07, 6.45) is 4.62. The lowest BCUT2D eigenvalue weighted by molar-refractivity contribution is 0.121. The molecule has 6 heteroatoms. The lowest BCUT2D eigenvalue weighted by Crippen LogP contribution is -2.40. The van der Waals surface area contributed by atoms with Crippen LogP contribution in [0.1, 0.15) is 19.8 Å². The van der Waals surface area contributed by atoms with Crippen LogP contribution in [0.4, 0.5) is 0 Å². The third-order valence-electron chi connectivity index (χ3n) is 3.77. The molecule has 0 amide bonds. The molecule has 1 saturated heterocycles. The van der Waals surface area contributed by atoms with Gasteiger partial charge in [-0.05, 0) is 45.0 Å². The fourth-order valence-corrected chi connectivity index (χ4v) is 2.75. The van der Waals surface area contributed by atoms with E-state index in [0.29, 0.717) is 0 Å². The Balaban J connectivity index is 2.26. The molecule has 0 aliphatic carbocycles. The summed E-state index contributed by atoms with van der Waals surface area (Å²) < 4.78 is 5.14. The predicted molar refractivity (Wildman–Crippen MR) is 93.4 cm³/mol. The van der Waals surface area contributed by atoms with Crippen molar-refractivity contribution in [2.24, 2.45) is 10.9 Å². The number of likely N-dealkylation sites (tertiary alicyclic amines) is 1. The van der Waals surface area contributed by atoms with E-state index < -0.39 is 0 Å². The summed E-state index contributed by atoms with van der Waals surface area (Å²) in [6.45, 7) is 9.20. The fraction of sp³-hybridized carbons (Fsp3) is 0.933. The molecular formula is C15H32N4OS. The van der Waals surface area contributed by atoms with E-state index in [1.165, 1.54) is 25.9 Å². The van der Waals surface area contributed by atoms with Crippen LogP contribution in [-0.4, -0.2) is 75.9 Å². The average molecular weight is 317 g/mol. The fourth-order valence-electron chi connectivity index (χ4n) is 2.45. The maximum Gasteiger partial charge on any atom is 0.191 e. The topological polar surface area (TPSA) is 48.9 Å². The maximum absolute atomic E-state index is 5.14. The molecule has 124 valence electrons. The largest absolute Gasteiger partial charge is 0.383 e. The zero-order valence-electron chi connectivity index (χ0n) is 13.9. The molecule has 1 fully saturated rings. The maximum atomic E-state index is 5.14. The Morgan fingerprint density at radius 3 is 2.71 bits per heavy atom.